The van der Waals surface area contributed by atoms with Gasteiger partial charge in [-0.05, 0) is 25.8 Å². The molecule has 1 N–H and O–H groups in total. The molecular weight excluding hydrogens is 178 g/mol. The van der Waals surface area contributed by atoms with E-state index in [2.05, 4.69) is 29.4 Å². The van der Waals surface area contributed by atoms with Crippen LogP contribution < -0.4 is 5.32 Å². The topological polar surface area (TPSA) is 51.0 Å². The molecule has 1 atom stereocenters. The van der Waals surface area contributed by atoms with Crippen molar-refractivity contribution in [3.8, 4) is 0 Å². The Morgan fingerprint density at radius 2 is 2.21 bits per heavy atom. The van der Waals surface area contributed by atoms with Gasteiger partial charge in [0.25, 0.3) is 0 Å². The van der Waals surface area contributed by atoms with Gasteiger partial charge in [-0.1, -0.05) is 13.8 Å². The van der Waals surface area contributed by atoms with Crippen LogP contribution in [0, 0.1) is 0 Å². The summed E-state index contributed by atoms with van der Waals surface area (Å²) < 4.78 is 5.63. The molecule has 1 fully saturated rings. The highest BCUT2D eigenvalue weighted by molar-refractivity contribution is 5.01. The second kappa shape index (κ2) is 4.09. The SMILES string of the molecule is CCNC(CC)c1nnc(C2CC2)o1. The van der Waals surface area contributed by atoms with E-state index < -0.39 is 0 Å². The highest BCUT2D eigenvalue weighted by Crippen LogP contribution is 2.39. The second-order valence-corrected chi connectivity index (χ2v) is 3.77. The predicted molar refractivity (Wildman–Crippen MR) is 53.0 cm³/mol. The fourth-order valence-corrected chi connectivity index (χ4v) is 1.54. The zero-order chi connectivity index (χ0) is 9.97. The van der Waals surface area contributed by atoms with Gasteiger partial charge in [0.05, 0.1) is 6.04 Å². The van der Waals surface area contributed by atoms with Crippen LogP contribution in [0.1, 0.15) is 56.9 Å². The van der Waals surface area contributed by atoms with Crippen LogP contribution in [0.25, 0.3) is 0 Å². The number of hydrogen-bond donors (Lipinski definition) is 1. The average molecular weight is 195 g/mol. The maximum atomic E-state index is 5.63. The van der Waals surface area contributed by atoms with Crippen molar-refractivity contribution in [1.29, 1.82) is 0 Å². The normalized spacial score (nSPS) is 18.4. The number of nitrogens with one attached hydrogen (secondary N) is 1. The molecular formula is C10H17N3O. The quantitative estimate of drug-likeness (QED) is 0.780. The van der Waals surface area contributed by atoms with Crippen molar-refractivity contribution in [2.45, 2.75) is 45.1 Å². The van der Waals surface area contributed by atoms with Gasteiger partial charge in [-0.2, -0.15) is 0 Å². The van der Waals surface area contributed by atoms with Crippen molar-refractivity contribution < 1.29 is 4.42 Å². The first-order valence-electron chi connectivity index (χ1n) is 5.41. The molecule has 1 heterocycles. The van der Waals surface area contributed by atoms with Crippen LogP contribution in [0.2, 0.25) is 0 Å². The summed E-state index contributed by atoms with van der Waals surface area (Å²) in [7, 11) is 0. The lowest BCUT2D eigenvalue weighted by atomic mass is 10.2. The number of aromatic nitrogens is 2. The van der Waals surface area contributed by atoms with Gasteiger partial charge in [0, 0.05) is 5.92 Å². The minimum absolute atomic E-state index is 0.222. The van der Waals surface area contributed by atoms with Crippen LogP contribution >= 0.6 is 0 Å². The Kier molecular flexibility index (Phi) is 2.82. The zero-order valence-corrected chi connectivity index (χ0v) is 8.79. The second-order valence-electron chi connectivity index (χ2n) is 3.77. The molecule has 14 heavy (non-hydrogen) atoms. The van der Waals surface area contributed by atoms with E-state index in [-0.39, 0.29) is 6.04 Å². The molecule has 0 aliphatic heterocycles. The van der Waals surface area contributed by atoms with Crippen LogP contribution in [-0.2, 0) is 0 Å². The van der Waals surface area contributed by atoms with Gasteiger partial charge < -0.3 is 9.73 Å². The Bertz CT molecular complexity index is 293. The summed E-state index contributed by atoms with van der Waals surface area (Å²) in [5.41, 5.74) is 0. The molecule has 4 nitrogen and oxygen atoms in total. The van der Waals surface area contributed by atoms with E-state index in [0.717, 1.165) is 24.7 Å². The van der Waals surface area contributed by atoms with Crippen LogP contribution in [0.5, 0.6) is 0 Å². The smallest absolute Gasteiger partial charge is 0.233 e. The third-order valence-electron chi connectivity index (χ3n) is 2.54. The lowest BCUT2D eigenvalue weighted by molar-refractivity contribution is 0.377. The van der Waals surface area contributed by atoms with Crippen molar-refractivity contribution in [3.63, 3.8) is 0 Å². The lowest BCUT2D eigenvalue weighted by Gasteiger charge is -2.09. The van der Waals surface area contributed by atoms with Crippen LogP contribution in [-0.4, -0.2) is 16.7 Å². The van der Waals surface area contributed by atoms with Gasteiger partial charge >= 0.3 is 0 Å². The molecule has 1 aromatic rings. The first-order valence-corrected chi connectivity index (χ1v) is 5.41. The first kappa shape index (κ1) is 9.65. The third-order valence-corrected chi connectivity index (χ3v) is 2.54. The van der Waals surface area contributed by atoms with Crippen molar-refractivity contribution in [2.24, 2.45) is 0 Å². The zero-order valence-electron chi connectivity index (χ0n) is 8.79. The fraction of sp³-hybridized carbons (Fsp3) is 0.800. The molecule has 1 aromatic heterocycles. The Morgan fingerprint density at radius 3 is 2.79 bits per heavy atom. The van der Waals surface area contributed by atoms with Crippen LogP contribution in [0.15, 0.2) is 4.42 Å². The molecule has 0 saturated heterocycles. The van der Waals surface area contributed by atoms with E-state index in [4.69, 9.17) is 4.42 Å². The molecule has 0 radical (unpaired) electrons. The monoisotopic (exact) mass is 195 g/mol. The van der Waals surface area contributed by atoms with Crippen molar-refractivity contribution in [1.82, 2.24) is 15.5 Å². The van der Waals surface area contributed by atoms with Crippen molar-refractivity contribution >= 4 is 0 Å². The van der Waals surface area contributed by atoms with E-state index in [1.807, 2.05) is 0 Å². The minimum atomic E-state index is 0.222. The fourth-order valence-electron chi connectivity index (χ4n) is 1.54. The van der Waals surface area contributed by atoms with E-state index in [1.165, 1.54) is 12.8 Å². The highest BCUT2D eigenvalue weighted by atomic mass is 16.4. The molecule has 0 amide bonds. The maximum Gasteiger partial charge on any atom is 0.233 e. The highest BCUT2D eigenvalue weighted by Gasteiger charge is 2.30. The molecule has 1 saturated carbocycles. The molecule has 0 bridgehead atoms. The Hall–Kier alpha value is -0.900. The molecule has 0 spiro atoms. The van der Waals surface area contributed by atoms with Gasteiger partial charge in [0.1, 0.15) is 0 Å². The van der Waals surface area contributed by atoms with E-state index in [1.54, 1.807) is 0 Å². The van der Waals surface area contributed by atoms with Gasteiger partial charge in [0.2, 0.25) is 11.8 Å². The van der Waals surface area contributed by atoms with Crippen molar-refractivity contribution in [2.75, 3.05) is 6.54 Å². The van der Waals surface area contributed by atoms with Gasteiger partial charge in [0.15, 0.2) is 0 Å². The number of rotatable bonds is 5. The molecule has 2 rings (SSSR count). The number of hydrogen-bond acceptors (Lipinski definition) is 4. The Morgan fingerprint density at radius 1 is 1.43 bits per heavy atom. The summed E-state index contributed by atoms with van der Waals surface area (Å²) in [4.78, 5) is 0. The molecule has 1 aliphatic carbocycles. The standard InChI is InChI=1S/C10H17N3O/c1-3-8(11-4-2)10-13-12-9(14-10)7-5-6-7/h7-8,11H,3-6H2,1-2H3. The molecule has 78 valence electrons. The van der Waals surface area contributed by atoms with Crippen LogP contribution in [0.3, 0.4) is 0 Å². The van der Waals surface area contributed by atoms with E-state index in [9.17, 15) is 0 Å². The van der Waals surface area contributed by atoms with E-state index in [0.29, 0.717) is 5.92 Å². The first-order chi connectivity index (χ1) is 6.85. The number of nitrogens with zero attached hydrogens (tertiary/aromatic N) is 2. The van der Waals surface area contributed by atoms with Crippen molar-refractivity contribution in [3.05, 3.63) is 11.8 Å². The summed E-state index contributed by atoms with van der Waals surface area (Å²) in [5.74, 6) is 2.13. The Balaban J connectivity index is 2.05. The average Bonchev–Trinajstić information content (AvgIpc) is 2.94. The largest absolute Gasteiger partial charge is 0.423 e. The molecule has 4 heteroatoms. The third kappa shape index (κ3) is 1.95. The minimum Gasteiger partial charge on any atom is -0.423 e. The summed E-state index contributed by atoms with van der Waals surface area (Å²) in [6.45, 7) is 5.13. The summed E-state index contributed by atoms with van der Waals surface area (Å²) >= 11 is 0. The predicted octanol–water partition coefficient (Wildman–Crippen LogP) is 2.01. The maximum absolute atomic E-state index is 5.63. The van der Waals surface area contributed by atoms with Gasteiger partial charge in [-0.15, -0.1) is 10.2 Å². The Labute approximate surface area is 84.1 Å². The van der Waals surface area contributed by atoms with E-state index >= 15 is 0 Å². The van der Waals surface area contributed by atoms with Gasteiger partial charge in [-0.3, -0.25) is 0 Å². The van der Waals surface area contributed by atoms with Gasteiger partial charge in [-0.25, -0.2) is 0 Å². The molecule has 1 unspecified atom stereocenters. The van der Waals surface area contributed by atoms with Crippen LogP contribution in [0.4, 0.5) is 0 Å². The summed E-state index contributed by atoms with van der Waals surface area (Å²) in [6.07, 6.45) is 3.40. The molecule has 0 aromatic carbocycles. The summed E-state index contributed by atoms with van der Waals surface area (Å²) in [5, 5.41) is 11.5. The lowest BCUT2D eigenvalue weighted by Crippen LogP contribution is -2.20. The summed E-state index contributed by atoms with van der Waals surface area (Å²) in [6, 6.07) is 0.222. The molecule has 1 aliphatic rings.